The predicted molar refractivity (Wildman–Crippen MR) is 82.3 cm³/mol. The SMILES string of the molecule is CC(C)(C#N)CCCn1cnc2cc(Br)ccc2c1=O. The monoisotopic (exact) mass is 333 g/mol. The topological polar surface area (TPSA) is 58.7 Å². The van der Waals surface area contributed by atoms with E-state index in [1.54, 1.807) is 17.0 Å². The first kappa shape index (κ1) is 14.7. The Balaban J connectivity index is 2.20. The van der Waals surface area contributed by atoms with Crippen LogP contribution in [0.25, 0.3) is 10.9 Å². The number of fused-ring (bicyclic) bond motifs is 1. The number of aromatic nitrogens is 2. The van der Waals surface area contributed by atoms with E-state index in [9.17, 15) is 4.79 Å². The van der Waals surface area contributed by atoms with E-state index < -0.39 is 0 Å². The van der Waals surface area contributed by atoms with E-state index in [0.29, 0.717) is 17.4 Å². The molecule has 1 heterocycles. The van der Waals surface area contributed by atoms with Crippen molar-refractivity contribution in [1.82, 2.24) is 9.55 Å². The van der Waals surface area contributed by atoms with Gasteiger partial charge in [-0.3, -0.25) is 9.36 Å². The van der Waals surface area contributed by atoms with Crippen molar-refractivity contribution in [1.29, 1.82) is 5.26 Å². The summed E-state index contributed by atoms with van der Waals surface area (Å²) < 4.78 is 2.52. The number of nitrogens with zero attached hydrogens (tertiary/aromatic N) is 3. The van der Waals surface area contributed by atoms with Gasteiger partial charge in [-0.15, -0.1) is 0 Å². The molecule has 5 heteroatoms. The van der Waals surface area contributed by atoms with E-state index in [1.165, 1.54) is 0 Å². The van der Waals surface area contributed by atoms with Crippen LogP contribution in [0.2, 0.25) is 0 Å². The van der Waals surface area contributed by atoms with Crippen molar-refractivity contribution in [2.24, 2.45) is 5.41 Å². The Morgan fingerprint density at radius 2 is 2.20 bits per heavy atom. The van der Waals surface area contributed by atoms with Crippen molar-refractivity contribution < 1.29 is 0 Å². The number of hydrogen-bond acceptors (Lipinski definition) is 3. The second-order valence-electron chi connectivity index (χ2n) is 5.50. The number of halogens is 1. The normalized spacial score (nSPS) is 11.5. The average molecular weight is 334 g/mol. The molecule has 2 aromatic rings. The maximum atomic E-state index is 12.3. The zero-order valence-corrected chi connectivity index (χ0v) is 13.1. The van der Waals surface area contributed by atoms with Gasteiger partial charge in [-0.25, -0.2) is 4.98 Å². The summed E-state index contributed by atoms with van der Waals surface area (Å²) in [6.45, 7) is 4.40. The van der Waals surface area contributed by atoms with Crippen molar-refractivity contribution in [3.63, 3.8) is 0 Å². The summed E-state index contributed by atoms with van der Waals surface area (Å²) in [5.41, 5.74) is 0.314. The van der Waals surface area contributed by atoms with Crippen LogP contribution in [0.15, 0.2) is 33.8 Å². The molecule has 0 aliphatic carbocycles. The van der Waals surface area contributed by atoms with Crippen LogP contribution in [0, 0.1) is 16.7 Å². The third-order valence-electron chi connectivity index (χ3n) is 3.29. The van der Waals surface area contributed by atoms with E-state index in [0.717, 1.165) is 17.3 Å². The van der Waals surface area contributed by atoms with Crippen molar-refractivity contribution in [2.45, 2.75) is 33.2 Å². The van der Waals surface area contributed by atoms with E-state index in [2.05, 4.69) is 27.0 Å². The number of nitriles is 1. The zero-order valence-electron chi connectivity index (χ0n) is 11.6. The first-order valence-electron chi connectivity index (χ1n) is 6.49. The smallest absolute Gasteiger partial charge is 0.261 e. The van der Waals surface area contributed by atoms with Crippen LogP contribution in [-0.2, 0) is 6.54 Å². The highest BCUT2D eigenvalue weighted by atomic mass is 79.9. The summed E-state index contributed by atoms with van der Waals surface area (Å²) in [6, 6.07) is 7.73. The molecule has 0 bridgehead atoms. The standard InChI is InChI=1S/C15H16BrN3O/c1-15(2,9-17)6-3-7-19-10-18-13-8-11(16)4-5-12(13)14(19)20/h4-5,8,10H,3,6-7H2,1-2H3. The maximum Gasteiger partial charge on any atom is 0.261 e. The van der Waals surface area contributed by atoms with Crippen LogP contribution >= 0.6 is 15.9 Å². The number of benzene rings is 1. The predicted octanol–water partition coefficient (Wildman–Crippen LogP) is 3.49. The molecule has 0 aliphatic rings. The fourth-order valence-electron chi connectivity index (χ4n) is 2.04. The summed E-state index contributed by atoms with van der Waals surface area (Å²) in [4.78, 5) is 16.6. The van der Waals surface area contributed by atoms with Crippen LogP contribution in [-0.4, -0.2) is 9.55 Å². The molecular formula is C15H16BrN3O. The lowest BCUT2D eigenvalue weighted by Crippen LogP contribution is -2.21. The van der Waals surface area contributed by atoms with Gasteiger partial charge in [-0.1, -0.05) is 15.9 Å². The third kappa shape index (κ3) is 3.26. The molecule has 0 saturated carbocycles. The average Bonchev–Trinajstić information content (AvgIpc) is 2.41. The molecule has 0 atom stereocenters. The number of rotatable bonds is 4. The van der Waals surface area contributed by atoms with E-state index in [4.69, 9.17) is 5.26 Å². The highest BCUT2D eigenvalue weighted by Crippen LogP contribution is 2.21. The van der Waals surface area contributed by atoms with Crippen molar-refractivity contribution in [3.05, 3.63) is 39.4 Å². The third-order valence-corrected chi connectivity index (χ3v) is 3.78. The molecule has 2 rings (SSSR count). The summed E-state index contributed by atoms with van der Waals surface area (Å²) in [7, 11) is 0. The lowest BCUT2D eigenvalue weighted by Gasteiger charge is -2.15. The lowest BCUT2D eigenvalue weighted by atomic mass is 9.90. The van der Waals surface area contributed by atoms with Crippen molar-refractivity contribution in [2.75, 3.05) is 0 Å². The van der Waals surface area contributed by atoms with Crippen LogP contribution in [0.1, 0.15) is 26.7 Å². The molecule has 104 valence electrons. The Morgan fingerprint density at radius 1 is 1.45 bits per heavy atom. The number of hydrogen-bond donors (Lipinski definition) is 0. The van der Waals surface area contributed by atoms with Crippen LogP contribution in [0.5, 0.6) is 0 Å². The molecule has 0 unspecified atom stereocenters. The van der Waals surface area contributed by atoms with Gasteiger partial charge in [0.15, 0.2) is 0 Å². The molecule has 0 saturated heterocycles. The minimum absolute atomic E-state index is 0.0303. The minimum Gasteiger partial charge on any atom is -0.299 e. The van der Waals surface area contributed by atoms with E-state index in [-0.39, 0.29) is 11.0 Å². The van der Waals surface area contributed by atoms with Gasteiger partial charge in [0.2, 0.25) is 0 Å². The maximum absolute atomic E-state index is 12.3. The Kier molecular flexibility index (Phi) is 4.24. The Labute approximate surface area is 126 Å². The molecule has 0 N–H and O–H groups in total. The van der Waals surface area contributed by atoms with E-state index in [1.807, 2.05) is 26.0 Å². The first-order valence-corrected chi connectivity index (χ1v) is 7.28. The van der Waals surface area contributed by atoms with Gasteiger partial charge in [0.25, 0.3) is 5.56 Å². The van der Waals surface area contributed by atoms with Crippen LogP contribution < -0.4 is 5.56 Å². The highest BCUT2D eigenvalue weighted by Gasteiger charge is 2.16. The van der Waals surface area contributed by atoms with Gasteiger partial charge in [-0.05, 0) is 44.9 Å². The molecule has 1 aromatic heterocycles. The highest BCUT2D eigenvalue weighted by molar-refractivity contribution is 9.10. The molecule has 0 radical (unpaired) electrons. The second-order valence-corrected chi connectivity index (χ2v) is 6.42. The molecule has 1 aromatic carbocycles. The molecule has 4 nitrogen and oxygen atoms in total. The van der Waals surface area contributed by atoms with Gasteiger partial charge in [0, 0.05) is 11.0 Å². The zero-order chi connectivity index (χ0) is 14.8. The molecule has 0 fully saturated rings. The molecular weight excluding hydrogens is 318 g/mol. The van der Waals surface area contributed by atoms with Gasteiger partial charge in [-0.2, -0.15) is 5.26 Å². The number of aryl methyl sites for hydroxylation is 1. The first-order chi connectivity index (χ1) is 9.43. The van der Waals surface area contributed by atoms with Crippen LogP contribution in [0.4, 0.5) is 0 Å². The fraction of sp³-hybridized carbons (Fsp3) is 0.400. The Morgan fingerprint density at radius 3 is 2.90 bits per heavy atom. The van der Waals surface area contributed by atoms with Crippen LogP contribution in [0.3, 0.4) is 0 Å². The van der Waals surface area contributed by atoms with Crippen molar-refractivity contribution in [3.8, 4) is 6.07 Å². The summed E-state index contributed by atoms with van der Waals surface area (Å²) in [5.74, 6) is 0. The summed E-state index contributed by atoms with van der Waals surface area (Å²) in [5, 5.41) is 9.60. The summed E-state index contributed by atoms with van der Waals surface area (Å²) >= 11 is 3.37. The molecule has 0 aliphatic heterocycles. The quantitative estimate of drug-likeness (QED) is 0.860. The molecule has 0 spiro atoms. The fourth-order valence-corrected chi connectivity index (χ4v) is 2.39. The van der Waals surface area contributed by atoms with Gasteiger partial charge < -0.3 is 0 Å². The lowest BCUT2D eigenvalue weighted by molar-refractivity contribution is 0.413. The molecule has 0 amide bonds. The molecule has 20 heavy (non-hydrogen) atoms. The largest absolute Gasteiger partial charge is 0.299 e. The van der Waals surface area contributed by atoms with Gasteiger partial charge in [0.1, 0.15) is 0 Å². The summed E-state index contributed by atoms with van der Waals surface area (Å²) in [6.07, 6.45) is 3.12. The second kappa shape index (κ2) is 5.76. The van der Waals surface area contributed by atoms with Gasteiger partial charge in [0.05, 0.1) is 28.7 Å². The van der Waals surface area contributed by atoms with E-state index >= 15 is 0 Å². The minimum atomic E-state index is -0.348. The Hall–Kier alpha value is -1.67. The van der Waals surface area contributed by atoms with Gasteiger partial charge >= 0.3 is 0 Å². The van der Waals surface area contributed by atoms with Crippen molar-refractivity contribution >= 4 is 26.8 Å². The Bertz CT molecular complexity index is 728.